The van der Waals surface area contributed by atoms with Crippen LogP contribution in [0, 0.1) is 0 Å². The third kappa shape index (κ3) is 5.47. The summed E-state index contributed by atoms with van der Waals surface area (Å²) in [6, 6.07) is 0. The standard InChI is InChI=1S/C9H17ClO3/c10-3-5-11-6-7-12-8-9-2-1-4-13-9/h9H,1-8H2. The summed E-state index contributed by atoms with van der Waals surface area (Å²) < 4.78 is 15.9. The van der Waals surface area contributed by atoms with E-state index in [-0.39, 0.29) is 0 Å². The van der Waals surface area contributed by atoms with Crippen LogP contribution in [0.15, 0.2) is 0 Å². The normalized spacial score (nSPS) is 22.4. The minimum Gasteiger partial charge on any atom is -0.378 e. The predicted octanol–water partition coefficient (Wildman–Crippen LogP) is 1.44. The SMILES string of the molecule is ClCCOCCOCC1CCCO1. The quantitative estimate of drug-likeness (QED) is 0.468. The van der Waals surface area contributed by atoms with Gasteiger partial charge in [0.05, 0.1) is 32.5 Å². The van der Waals surface area contributed by atoms with E-state index in [0.29, 0.717) is 38.4 Å². The van der Waals surface area contributed by atoms with Crippen molar-refractivity contribution in [2.24, 2.45) is 0 Å². The number of alkyl halides is 1. The Morgan fingerprint density at radius 3 is 2.77 bits per heavy atom. The van der Waals surface area contributed by atoms with Crippen molar-refractivity contribution >= 4 is 11.6 Å². The van der Waals surface area contributed by atoms with E-state index in [1.54, 1.807) is 0 Å². The van der Waals surface area contributed by atoms with Gasteiger partial charge in [0.2, 0.25) is 0 Å². The van der Waals surface area contributed by atoms with Crippen LogP contribution in [0.2, 0.25) is 0 Å². The van der Waals surface area contributed by atoms with Gasteiger partial charge in [-0.25, -0.2) is 0 Å². The van der Waals surface area contributed by atoms with Gasteiger partial charge in [0.15, 0.2) is 0 Å². The second kappa shape index (κ2) is 7.56. The minimum absolute atomic E-state index is 0.313. The molecule has 4 heteroatoms. The lowest BCUT2D eigenvalue weighted by Gasteiger charge is -2.09. The third-order valence-electron chi connectivity index (χ3n) is 1.92. The van der Waals surface area contributed by atoms with Crippen LogP contribution in [-0.4, -0.2) is 45.0 Å². The van der Waals surface area contributed by atoms with Crippen molar-refractivity contribution in [3.05, 3.63) is 0 Å². The first-order valence-corrected chi connectivity index (χ1v) is 5.30. The fourth-order valence-corrected chi connectivity index (χ4v) is 1.37. The molecule has 1 aliphatic rings. The van der Waals surface area contributed by atoms with Crippen LogP contribution in [0.3, 0.4) is 0 Å². The van der Waals surface area contributed by atoms with E-state index in [4.69, 9.17) is 25.8 Å². The van der Waals surface area contributed by atoms with Gasteiger partial charge in [-0.05, 0) is 12.8 Å². The molecule has 0 N–H and O–H groups in total. The van der Waals surface area contributed by atoms with Crippen LogP contribution in [0.4, 0.5) is 0 Å². The number of hydrogen-bond acceptors (Lipinski definition) is 3. The monoisotopic (exact) mass is 208 g/mol. The van der Waals surface area contributed by atoms with Gasteiger partial charge in [-0.2, -0.15) is 0 Å². The summed E-state index contributed by atoms with van der Waals surface area (Å²) in [6.07, 6.45) is 2.60. The second-order valence-electron chi connectivity index (χ2n) is 3.01. The number of rotatable bonds is 7. The maximum Gasteiger partial charge on any atom is 0.0809 e. The molecule has 1 unspecified atom stereocenters. The summed E-state index contributed by atoms with van der Waals surface area (Å²) in [5.41, 5.74) is 0. The molecule has 0 spiro atoms. The van der Waals surface area contributed by atoms with Crippen LogP contribution in [0.1, 0.15) is 12.8 Å². The molecule has 1 atom stereocenters. The molecule has 13 heavy (non-hydrogen) atoms. The summed E-state index contributed by atoms with van der Waals surface area (Å²) in [4.78, 5) is 0. The zero-order chi connectivity index (χ0) is 9.36. The van der Waals surface area contributed by atoms with Gasteiger partial charge in [0.1, 0.15) is 0 Å². The topological polar surface area (TPSA) is 27.7 Å². The van der Waals surface area contributed by atoms with Crippen LogP contribution < -0.4 is 0 Å². The number of hydrogen-bond donors (Lipinski definition) is 0. The zero-order valence-corrected chi connectivity index (χ0v) is 8.59. The average Bonchev–Trinajstić information content (AvgIpc) is 2.63. The van der Waals surface area contributed by atoms with E-state index in [9.17, 15) is 0 Å². The Kier molecular flexibility index (Phi) is 6.54. The van der Waals surface area contributed by atoms with E-state index >= 15 is 0 Å². The number of ether oxygens (including phenoxy) is 3. The summed E-state index contributed by atoms with van der Waals surface area (Å²) in [5.74, 6) is 0.547. The van der Waals surface area contributed by atoms with E-state index in [0.717, 1.165) is 19.4 Å². The smallest absolute Gasteiger partial charge is 0.0809 e. The molecule has 78 valence electrons. The van der Waals surface area contributed by atoms with Crippen molar-refractivity contribution in [3.63, 3.8) is 0 Å². The Morgan fingerprint density at radius 2 is 2.08 bits per heavy atom. The molecule has 1 rings (SSSR count). The van der Waals surface area contributed by atoms with E-state index < -0.39 is 0 Å². The van der Waals surface area contributed by atoms with Crippen molar-refractivity contribution in [2.75, 3.05) is 38.9 Å². The Morgan fingerprint density at radius 1 is 1.23 bits per heavy atom. The second-order valence-corrected chi connectivity index (χ2v) is 3.39. The summed E-state index contributed by atoms with van der Waals surface area (Å²) in [7, 11) is 0. The van der Waals surface area contributed by atoms with Gasteiger partial charge in [-0.15, -0.1) is 11.6 Å². The van der Waals surface area contributed by atoms with Crippen LogP contribution >= 0.6 is 11.6 Å². The first kappa shape index (κ1) is 11.2. The highest BCUT2D eigenvalue weighted by molar-refractivity contribution is 6.17. The first-order chi connectivity index (χ1) is 6.43. The molecule has 0 bridgehead atoms. The molecular formula is C9H17ClO3. The van der Waals surface area contributed by atoms with Crippen LogP contribution in [0.5, 0.6) is 0 Å². The lowest BCUT2D eigenvalue weighted by Crippen LogP contribution is -2.16. The summed E-state index contributed by atoms with van der Waals surface area (Å²) in [6.45, 7) is 3.45. The molecule has 1 fully saturated rings. The van der Waals surface area contributed by atoms with Gasteiger partial charge in [-0.3, -0.25) is 0 Å². The fraction of sp³-hybridized carbons (Fsp3) is 1.00. The predicted molar refractivity (Wildman–Crippen MR) is 51.3 cm³/mol. The Balaban J connectivity index is 1.78. The molecule has 1 aliphatic heterocycles. The molecule has 0 saturated carbocycles. The minimum atomic E-state index is 0.313. The van der Waals surface area contributed by atoms with Gasteiger partial charge in [0, 0.05) is 12.5 Å². The molecular weight excluding hydrogens is 192 g/mol. The first-order valence-electron chi connectivity index (χ1n) is 4.76. The molecule has 0 radical (unpaired) electrons. The number of halogens is 1. The highest BCUT2D eigenvalue weighted by atomic mass is 35.5. The van der Waals surface area contributed by atoms with Crippen LogP contribution in [-0.2, 0) is 14.2 Å². The highest BCUT2D eigenvalue weighted by Gasteiger charge is 2.14. The summed E-state index contributed by atoms with van der Waals surface area (Å²) >= 11 is 5.43. The van der Waals surface area contributed by atoms with Crippen molar-refractivity contribution in [3.8, 4) is 0 Å². The van der Waals surface area contributed by atoms with Crippen molar-refractivity contribution in [1.29, 1.82) is 0 Å². The fourth-order valence-electron chi connectivity index (χ4n) is 1.27. The van der Waals surface area contributed by atoms with E-state index in [1.165, 1.54) is 0 Å². The van der Waals surface area contributed by atoms with Crippen molar-refractivity contribution in [1.82, 2.24) is 0 Å². The molecule has 0 aromatic heterocycles. The molecule has 3 nitrogen and oxygen atoms in total. The molecule has 0 aromatic rings. The van der Waals surface area contributed by atoms with E-state index in [1.807, 2.05) is 0 Å². The third-order valence-corrected chi connectivity index (χ3v) is 2.08. The van der Waals surface area contributed by atoms with Crippen molar-refractivity contribution < 1.29 is 14.2 Å². The molecule has 0 aliphatic carbocycles. The molecule has 0 amide bonds. The Hall–Kier alpha value is 0.170. The molecule has 1 saturated heterocycles. The lowest BCUT2D eigenvalue weighted by molar-refractivity contribution is -0.00505. The van der Waals surface area contributed by atoms with Crippen molar-refractivity contribution in [2.45, 2.75) is 18.9 Å². The summed E-state index contributed by atoms with van der Waals surface area (Å²) in [5, 5.41) is 0. The maximum absolute atomic E-state index is 5.43. The average molecular weight is 209 g/mol. The van der Waals surface area contributed by atoms with Gasteiger partial charge in [-0.1, -0.05) is 0 Å². The van der Waals surface area contributed by atoms with Gasteiger partial charge in [0.25, 0.3) is 0 Å². The van der Waals surface area contributed by atoms with Crippen LogP contribution in [0.25, 0.3) is 0 Å². The Bertz CT molecular complexity index is 115. The molecule has 0 aromatic carbocycles. The largest absolute Gasteiger partial charge is 0.378 e. The highest BCUT2D eigenvalue weighted by Crippen LogP contribution is 2.11. The lowest BCUT2D eigenvalue weighted by atomic mass is 10.2. The zero-order valence-electron chi connectivity index (χ0n) is 7.84. The molecule has 1 heterocycles. The maximum atomic E-state index is 5.43. The Labute approximate surface area is 84.3 Å². The van der Waals surface area contributed by atoms with Gasteiger partial charge >= 0.3 is 0 Å². The van der Waals surface area contributed by atoms with Gasteiger partial charge < -0.3 is 14.2 Å². The van der Waals surface area contributed by atoms with E-state index in [2.05, 4.69) is 0 Å².